The first-order valence-electron chi connectivity index (χ1n) is 3.85. The Kier molecular flexibility index (Phi) is 4.86. The fourth-order valence-electron chi connectivity index (χ4n) is 0.981. The van der Waals surface area contributed by atoms with E-state index in [-0.39, 0.29) is 0 Å². The second kappa shape index (κ2) is 5.69. The molecular formula is C10H9BrCl2. The maximum Gasteiger partial charge on any atom is 0.0489 e. The summed E-state index contributed by atoms with van der Waals surface area (Å²) >= 11 is 15.0. The zero-order valence-corrected chi connectivity index (χ0v) is 10.0. The molecule has 1 aromatic carbocycles. The van der Waals surface area contributed by atoms with Crippen molar-refractivity contribution in [1.82, 2.24) is 0 Å². The first-order chi connectivity index (χ1) is 6.27. The first kappa shape index (κ1) is 11.1. The third-order valence-electron chi connectivity index (χ3n) is 1.61. The van der Waals surface area contributed by atoms with Gasteiger partial charge in [0, 0.05) is 16.2 Å². The molecule has 0 unspecified atom stereocenters. The van der Waals surface area contributed by atoms with Crippen LogP contribution in [0, 0.1) is 0 Å². The Labute approximate surface area is 96.7 Å². The molecule has 0 aliphatic heterocycles. The minimum atomic E-state index is 0.453. The molecule has 0 saturated carbocycles. The molecule has 0 aliphatic rings. The normalized spacial score (nSPS) is 11.0. The van der Waals surface area contributed by atoms with Crippen molar-refractivity contribution in [3.63, 3.8) is 0 Å². The summed E-state index contributed by atoms with van der Waals surface area (Å²) in [6, 6.07) is 5.83. The van der Waals surface area contributed by atoms with Crippen LogP contribution in [0.1, 0.15) is 11.1 Å². The molecule has 70 valence electrons. The van der Waals surface area contributed by atoms with Gasteiger partial charge in [0.05, 0.1) is 0 Å². The predicted molar refractivity (Wildman–Crippen MR) is 63.8 cm³/mol. The Morgan fingerprint density at radius 1 is 1.38 bits per heavy atom. The summed E-state index contributed by atoms with van der Waals surface area (Å²) in [6.07, 6.45) is 4.06. The van der Waals surface area contributed by atoms with Gasteiger partial charge in [-0.3, -0.25) is 0 Å². The summed E-state index contributed by atoms with van der Waals surface area (Å²) in [4.78, 5) is 0. The van der Waals surface area contributed by atoms with Gasteiger partial charge in [0.25, 0.3) is 0 Å². The van der Waals surface area contributed by atoms with E-state index in [9.17, 15) is 0 Å². The van der Waals surface area contributed by atoms with E-state index >= 15 is 0 Å². The van der Waals surface area contributed by atoms with E-state index in [1.54, 1.807) is 0 Å². The van der Waals surface area contributed by atoms with Crippen LogP contribution in [0.25, 0.3) is 6.08 Å². The smallest absolute Gasteiger partial charge is 0.0489 e. The van der Waals surface area contributed by atoms with Gasteiger partial charge in [0.1, 0.15) is 0 Å². The number of halogens is 3. The molecule has 1 rings (SSSR count). The van der Waals surface area contributed by atoms with Crippen LogP contribution < -0.4 is 0 Å². The van der Waals surface area contributed by atoms with Crippen molar-refractivity contribution in [2.75, 3.05) is 5.33 Å². The summed E-state index contributed by atoms with van der Waals surface area (Å²) in [5, 5.41) is 1.58. The van der Waals surface area contributed by atoms with Crippen LogP contribution in [0.15, 0.2) is 24.3 Å². The number of alkyl halides is 2. The van der Waals surface area contributed by atoms with Gasteiger partial charge in [0.15, 0.2) is 0 Å². The Morgan fingerprint density at radius 2 is 2.15 bits per heavy atom. The van der Waals surface area contributed by atoms with Crippen molar-refractivity contribution >= 4 is 45.2 Å². The Hall–Kier alpha value is 0.0200. The lowest BCUT2D eigenvalue weighted by Crippen LogP contribution is -1.81. The molecule has 0 fully saturated rings. The van der Waals surface area contributed by atoms with Crippen molar-refractivity contribution < 1.29 is 0 Å². The van der Waals surface area contributed by atoms with Crippen molar-refractivity contribution in [1.29, 1.82) is 0 Å². The number of rotatable bonds is 3. The van der Waals surface area contributed by atoms with E-state index < -0.39 is 0 Å². The zero-order chi connectivity index (χ0) is 9.68. The van der Waals surface area contributed by atoms with E-state index in [0.717, 1.165) is 21.5 Å². The van der Waals surface area contributed by atoms with Gasteiger partial charge in [-0.2, -0.15) is 0 Å². The molecule has 0 nitrogen and oxygen atoms in total. The van der Waals surface area contributed by atoms with Crippen LogP contribution in [0.4, 0.5) is 0 Å². The lowest BCUT2D eigenvalue weighted by Gasteiger charge is -2.00. The number of hydrogen-bond donors (Lipinski definition) is 0. The lowest BCUT2D eigenvalue weighted by molar-refractivity contribution is 1.39. The average molecular weight is 280 g/mol. The summed E-state index contributed by atoms with van der Waals surface area (Å²) in [7, 11) is 0. The highest BCUT2D eigenvalue weighted by Crippen LogP contribution is 2.20. The summed E-state index contributed by atoms with van der Waals surface area (Å²) in [5.74, 6) is 0.453. The molecule has 0 heterocycles. The fraction of sp³-hybridized carbons (Fsp3) is 0.200. The predicted octanol–water partition coefficient (Wildman–Crippen LogP) is 4.49. The Bertz CT molecular complexity index is 308. The van der Waals surface area contributed by atoms with Gasteiger partial charge in [-0.15, -0.1) is 11.6 Å². The van der Waals surface area contributed by atoms with Gasteiger partial charge in [-0.05, 0) is 23.3 Å². The fourth-order valence-corrected chi connectivity index (χ4v) is 1.64. The molecule has 0 saturated heterocycles. The molecule has 3 heteroatoms. The van der Waals surface area contributed by atoms with Gasteiger partial charge < -0.3 is 0 Å². The van der Waals surface area contributed by atoms with Crippen LogP contribution in [0.2, 0.25) is 5.02 Å². The quantitative estimate of drug-likeness (QED) is 0.716. The largest absolute Gasteiger partial charge is 0.121 e. The zero-order valence-electron chi connectivity index (χ0n) is 6.93. The Balaban J connectivity index is 2.92. The minimum absolute atomic E-state index is 0.453. The monoisotopic (exact) mass is 278 g/mol. The maximum atomic E-state index is 5.91. The van der Waals surface area contributed by atoms with Crippen molar-refractivity contribution in [2.45, 2.75) is 5.88 Å². The summed E-state index contributed by atoms with van der Waals surface area (Å²) in [6.45, 7) is 0. The third-order valence-corrected chi connectivity index (χ3v) is 2.64. The highest BCUT2D eigenvalue weighted by molar-refractivity contribution is 9.09. The highest BCUT2D eigenvalue weighted by Gasteiger charge is 1.98. The SMILES string of the molecule is ClCc1cc(C=CCBr)ccc1Cl. The molecule has 13 heavy (non-hydrogen) atoms. The van der Waals surface area contributed by atoms with Crippen molar-refractivity contribution in [3.05, 3.63) is 40.4 Å². The van der Waals surface area contributed by atoms with Crippen molar-refractivity contribution in [2.24, 2.45) is 0 Å². The molecule has 0 aromatic heterocycles. The highest BCUT2D eigenvalue weighted by atomic mass is 79.9. The van der Waals surface area contributed by atoms with E-state index in [1.165, 1.54) is 0 Å². The number of hydrogen-bond acceptors (Lipinski definition) is 0. The third kappa shape index (κ3) is 3.34. The van der Waals surface area contributed by atoms with E-state index in [2.05, 4.69) is 15.9 Å². The van der Waals surface area contributed by atoms with Crippen molar-refractivity contribution in [3.8, 4) is 0 Å². The molecule has 0 spiro atoms. The molecule has 0 aliphatic carbocycles. The molecular weight excluding hydrogens is 271 g/mol. The van der Waals surface area contributed by atoms with E-state index in [4.69, 9.17) is 23.2 Å². The Morgan fingerprint density at radius 3 is 2.77 bits per heavy atom. The second-order valence-corrected chi connectivity index (χ2v) is 3.86. The van der Waals surface area contributed by atoms with Crippen LogP contribution in [0.3, 0.4) is 0 Å². The minimum Gasteiger partial charge on any atom is -0.121 e. The van der Waals surface area contributed by atoms with E-state index in [0.29, 0.717) is 5.88 Å². The van der Waals surface area contributed by atoms with Crippen LogP contribution in [0.5, 0.6) is 0 Å². The first-order valence-corrected chi connectivity index (χ1v) is 5.88. The lowest BCUT2D eigenvalue weighted by atomic mass is 10.1. The molecule has 1 aromatic rings. The standard InChI is InChI=1S/C10H9BrCl2/c11-5-1-2-8-3-4-10(13)9(6-8)7-12/h1-4,6H,5,7H2. The molecule has 0 radical (unpaired) electrons. The number of benzene rings is 1. The van der Waals surface area contributed by atoms with Gasteiger partial charge >= 0.3 is 0 Å². The van der Waals surface area contributed by atoms with Crippen LogP contribution >= 0.6 is 39.1 Å². The van der Waals surface area contributed by atoms with Gasteiger partial charge in [-0.1, -0.05) is 45.7 Å². The van der Waals surface area contributed by atoms with E-state index in [1.807, 2.05) is 30.4 Å². The molecule has 0 atom stereocenters. The average Bonchev–Trinajstić information content (AvgIpc) is 2.16. The maximum absolute atomic E-state index is 5.91. The summed E-state index contributed by atoms with van der Waals surface area (Å²) < 4.78 is 0. The topological polar surface area (TPSA) is 0 Å². The van der Waals surface area contributed by atoms with Crippen LogP contribution in [-0.4, -0.2) is 5.33 Å². The summed E-state index contributed by atoms with van der Waals surface area (Å²) in [5.41, 5.74) is 2.10. The van der Waals surface area contributed by atoms with Crippen LogP contribution in [-0.2, 0) is 5.88 Å². The van der Waals surface area contributed by atoms with Gasteiger partial charge in [0.2, 0.25) is 0 Å². The molecule has 0 N–H and O–H groups in total. The van der Waals surface area contributed by atoms with Gasteiger partial charge in [-0.25, -0.2) is 0 Å². The number of allylic oxidation sites excluding steroid dienone is 1. The molecule has 0 amide bonds. The molecule has 0 bridgehead atoms. The second-order valence-electron chi connectivity index (χ2n) is 2.54.